The maximum Gasteiger partial charge on any atom is 0.246 e. The van der Waals surface area contributed by atoms with Gasteiger partial charge in [-0.2, -0.15) is 0 Å². The van der Waals surface area contributed by atoms with Crippen LogP contribution in [0.15, 0.2) is 0 Å². The van der Waals surface area contributed by atoms with E-state index in [-0.39, 0.29) is 36.0 Å². The molecule has 5 heteroatoms. The summed E-state index contributed by atoms with van der Waals surface area (Å²) in [5, 5.41) is 0. The molecule has 0 N–H and O–H groups in total. The molecule has 3 fully saturated rings. The third-order valence-corrected chi connectivity index (χ3v) is 4.88. The van der Waals surface area contributed by atoms with Crippen molar-refractivity contribution in [2.45, 2.75) is 63.3 Å². The Morgan fingerprint density at radius 3 is 2.63 bits per heavy atom. The first-order valence-electron chi connectivity index (χ1n) is 7.32. The fourth-order valence-corrected chi connectivity index (χ4v) is 3.69. The van der Waals surface area contributed by atoms with Crippen LogP contribution in [0.25, 0.3) is 0 Å². The van der Waals surface area contributed by atoms with Crippen molar-refractivity contribution in [3.05, 3.63) is 0 Å². The zero-order valence-electron chi connectivity index (χ0n) is 11.7. The number of methoxy groups -OCH3 is 1. The molecular weight excluding hydrogens is 244 g/mol. The molecule has 2 amide bonds. The molecule has 5 nitrogen and oxygen atoms in total. The summed E-state index contributed by atoms with van der Waals surface area (Å²) in [6, 6.07) is -0.226. The highest BCUT2D eigenvalue weighted by Crippen LogP contribution is 2.36. The first-order chi connectivity index (χ1) is 9.17. The first kappa shape index (κ1) is 12.9. The van der Waals surface area contributed by atoms with Gasteiger partial charge in [-0.25, -0.2) is 0 Å². The van der Waals surface area contributed by atoms with E-state index in [1.165, 1.54) is 0 Å². The van der Waals surface area contributed by atoms with Crippen LogP contribution >= 0.6 is 0 Å². The third-order valence-electron chi connectivity index (χ3n) is 4.88. The Hall–Kier alpha value is -1.10. The fourth-order valence-electron chi connectivity index (χ4n) is 3.69. The Morgan fingerprint density at radius 2 is 2.00 bits per heavy atom. The molecule has 2 heterocycles. The number of amides is 2. The Morgan fingerprint density at radius 1 is 1.26 bits per heavy atom. The Kier molecular flexibility index (Phi) is 3.25. The van der Waals surface area contributed by atoms with E-state index in [0.717, 1.165) is 32.2 Å². The number of ether oxygens (including phenoxy) is 1. The first-order valence-corrected chi connectivity index (χ1v) is 7.32. The van der Waals surface area contributed by atoms with Crippen molar-refractivity contribution in [2.24, 2.45) is 0 Å². The maximum atomic E-state index is 12.6. The van der Waals surface area contributed by atoms with Gasteiger partial charge in [0.1, 0.15) is 12.1 Å². The van der Waals surface area contributed by atoms with Gasteiger partial charge in [-0.3, -0.25) is 9.59 Å². The number of fused-ring (bicyclic) bond motifs is 1. The number of carbonyl (C=O) groups is 2. The van der Waals surface area contributed by atoms with Gasteiger partial charge in [0.2, 0.25) is 11.8 Å². The van der Waals surface area contributed by atoms with E-state index in [9.17, 15) is 9.59 Å². The van der Waals surface area contributed by atoms with Crippen LogP contribution in [-0.2, 0) is 14.3 Å². The second-order valence-electron chi connectivity index (χ2n) is 5.84. The van der Waals surface area contributed by atoms with Crippen LogP contribution in [0.1, 0.15) is 39.0 Å². The molecule has 0 spiro atoms. The molecule has 2 saturated heterocycles. The van der Waals surface area contributed by atoms with Crippen molar-refractivity contribution in [1.29, 1.82) is 0 Å². The highest BCUT2D eigenvalue weighted by molar-refractivity contribution is 5.97. The second kappa shape index (κ2) is 4.78. The van der Waals surface area contributed by atoms with Gasteiger partial charge in [0.25, 0.3) is 0 Å². The van der Waals surface area contributed by atoms with Crippen LogP contribution in [0.5, 0.6) is 0 Å². The largest absolute Gasteiger partial charge is 0.381 e. The zero-order chi connectivity index (χ0) is 13.6. The van der Waals surface area contributed by atoms with Gasteiger partial charge in [0.05, 0.1) is 6.10 Å². The van der Waals surface area contributed by atoms with E-state index in [1.54, 1.807) is 12.0 Å². The third kappa shape index (κ3) is 1.86. The number of rotatable bonds is 3. The minimum Gasteiger partial charge on any atom is -0.381 e. The highest BCUT2D eigenvalue weighted by atomic mass is 16.5. The lowest BCUT2D eigenvalue weighted by Gasteiger charge is -2.50. The summed E-state index contributed by atoms with van der Waals surface area (Å²) in [5.41, 5.74) is 0. The predicted molar refractivity (Wildman–Crippen MR) is 69.5 cm³/mol. The minimum absolute atomic E-state index is 0.158. The molecule has 106 valence electrons. The molecule has 19 heavy (non-hydrogen) atoms. The van der Waals surface area contributed by atoms with Gasteiger partial charge in [-0.15, -0.1) is 0 Å². The van der Waals surface area contributed by atoms with E-state index in [2.05, 4.69) is 0 Å². The number of carbonyl (C=O) groups excluding carboxylic acids is 2. The molecule has 1 saturated carbocycles. The molecule has 0 aromatic rings. The van der Waals surface area contributed by atoms with E-state index >= 15 is 0 Å². The molecule has 2 unspecified atom stereocenters. The van der Waals surface area contributed by atoms with Crippen molar-refractivity contribution < 1.29 is 14.3 Å². The van der Waals surface area contributed by atoms with Gasteiger partial charge < -0.3 is 14.5 Å². The normalized spacial score (nSPS) is 38.4. The van der Waals surface area contributed by atoms with Crippen LogP contribution in [0, 0.1) is 0 Å². The number of hydrogen-bond acceptors (Lipinski definition) is 3. The van der Waals surface area contributed by atoms with E-state index in [0.29, 0.717) is 6.42 Å². The molecule has 2 aliphatic heterocycles. The lowest BCUT2D eigenvalue weighted by atomic mass is 9.85. The van der Waals surface area contributed by atoms with Crippen LogP contribution in [0.2, 0.25) is 0 Å². The Labute approximate surface area is 113 Å². The van der Waals surface area contributed by atoms with Crippen LogP contribution in [0.3, 0.4) is 0 Å². The SMILES string of the molecule is CCC1C(=O)N2CCCC2C(=O)N1C1CC(OC)C1. The number of piperazine rings is 1. The van der Waals surface area contributed by atoms with Crippen LogP contribution in [0.4, 0.5) is 0 Å². The summed E-state index contributed by atoms with van der Waals surface area (Å²) >= 11 is 0. The van der Waals surface area contributed by atoms with E-state index < -0.39 is 0 Å². The average Bonchev–Trinajstić information content (AvgIpc) is 2.83. The standard InChI is InChI=1S/C14H22N2O3/c1-3-11-13(17)15-6-4-5-12(15)14(18)16(11)9-7-10(8-9)19-2/h9-12H,3-8H2,1-2H3. The highest BCUT2D eigenvalue weighted by Gasteiger charge is 2.51. The minimum atomic E-state index is -0.246. The molecular formula is C14H22N2O3. The lowest BCUT2D eigenvalue weighted by molar-refractivity contribution is -0.167. The number of hydrogen-bond donors (Lipinski definition) is 0. The maximum absolute atomic E-state index is 12.6. The summed E-state index contributed by atoms with van der Waals surface area (Å²) < 4.78 is 5.29. The fraction of sp³-hybridized carbons (Fsp3) is 0.857. The van der Waals surface area contributed by atoms with Crippen molar-refractivity contribution >= 4 is 11.8 Å². The molecule has 0 bridgehead atoms. The smallest absolute Gasteiger partial charge is 0.246 e. The van der Waals surface area contributed by atoms with Crippen molar-refractivity contribution in [3.63, 3.8) is 0 Å². The van der Waals surface area contributed by atoms with Gasteiger partial charge in [-0.1, -0.05) is 6.92 Å². The topological polar surface area (TPSA) is 49.9 Å². The Balaban J connectivity index is 1.80. The van der Waals surface area contributed by atoms with E-state index in [4.69, 9.17) is 4.74 Å². The summed E-state index contributed by atoms with van der Waals surface area (Å²) in [6.45, 7) is 2.75. The molecule has 0 radical (unpaired) electrons. The monoisotopic (exact) mass is 266 g/mol. The molecule has 3 rings (SSSR count). The molecule has 1 aliphatic carbocycles. The summed E-state index contributed by atoms with van der Waals surface area (Å²) in [6.07, 6.45) is 4.50. The van der Waals surface area contributed by atoms with Crippen LogP contribution in [-0.4, -0.2) is 59.5 Å². The number of nitrogens with zero attached hydrogens (tertiary/aromatic N) is 2. The quantitative estimate of drug-likeness (QED) is 0.758. The van der Waals surface area contributed by atoms with Gasteiger partial charge >= 0.3 is 0 Å². The lowest BCUT2D eigenvalue weighted by Crippen LogP contribution is -2.67. The zero-order valence-corrected chi connectivity index (χ0v) is 11.7. The summed E-state index contributed by atoms with van der Waals surface area (Å²) in [4.78, 5) is 28.8. The summed E-state index contributed by atoms with van der Waals surface area (Å²) in [5.74, 6) is 0.328. The van der Waals surface area contributed by atoms with Gasteiger partial charge in [0, 0.05) is 19.7 Å². The summed E-state index contributed by atoms with van der Waals surface area (Å²) in [7, 11) is 1.71. The second-order valence-corrected chi connectivity index (χ2v) is 5.84. The average molecular weight is 266 g/mol. The molecule has 3 aliphatic rings. The van der Waals surface area contributed by atoms with Crippen molar-refractivity contribution in [3.8, 4) is 0 Å². The predicted octanol–water partition coefficient (Wildman–Crippen LogP) is 0.776. The molecule has 0 aromatic heterocycles. The molecule has 0 aromatic carbocycles. The van der Waals surface area contributed by atoms with Gasteiger partial charge in [-0.05, 0) is 32.1 Å². The van der Waals surface area contributed by atoms with Gasteiger partial charge in [0.15, 0.2) is 0 Å². The van der Waals surface area contributed by atoms with Crippen molar-refractivity contribution in [2.75, 3.05) is 13.7 Å². The molecule has 2 atom stereocenters. The Bertz CT molecular complexity index is 392. The van der Waals surface area contributed by atoms with E-state index in [1.807, 2.05) is 11.8 Å². The van der Waals surface area contributed by atoms with Crippen LogP contribution < -0.4 is 0 Å². The van der Waals surface area contributed by atoms with Crippen molar-refractivity contribution in [1.82, 2.24) is 9.80 Å².